The first-order valence-corrected chi connectivity index (χ1v) is 6.79. The summed E-state index contributed by atoms with van der Waals surface area (Å²) in [5.41, 5.74) is 1.43. The third-order valence-electron chi connectivity index (χ3n) is 3.07. The van der Waals surface area contributed by atoms with Crippen molar-refractivity contribution >= 4 is 6.29 Å². The molecule has 0 radical (unpaired) electrons. The fourth-order valence-electron chi connectivity index (χ4n) is 2.02. The van der Waals surface area contributed by atoms with Crippen LogP contribution in [0.25, 0.3) is 0 Å². The van der Waals surface area contributed by atoms with Crippen LogP contribution < -0.4 is 0 Å². The van der Waals surface area contributed by atoms with Gasteiger partial charge >= 0.3 is 0 Å². The SMILES string of the molecule is CCC(C=O)CCCn1nncc1CC(C)(C)C. The number of carbonyl (C=O) groups excluding carboxylic acids is 1. The molecule has 0 aromatic carbocycles. The third-order valence-corrected chi connectivity index (χ3v) is 3.07. The summed E-state index contributed by atoms with van der Waals surface area (Å²) in [6.45, 7) is 9.55. The normalized spacial score (nSPS) is 13.6. The lowest BCUT2D eigenvalue weighted by Crippen LogP contribution is -2.15. The minimum absolute atomic E-state index is 0.194. The maximum Gasteiger partial charge on any atom is 0.123 e. The molecular formula is C14H25N3O. The van der Waals surface area contributed by atoms with Crippen molar-refractivity contribution in [3.05, 3.63) is 11.9 Å². The molecule has 1 heterocycles. The highest BCUT2D eigenvalue weighted by molar-refractivity contribution is 5.53. The zero-order chi connectivity index (χ0) is 13.6. The molecule has 4 nitrogen and oxygen atoms in total. The second-order valence-electron chi connectivity index (χ2n) is 6.13. The Morgan fingerprint density at radius 3 is 2.72 bits per heavy atom. The van der Waals surface area contributed by atoms with E-state index in [-0.39, 0.29) is 11.3 Å². The number of aldehydes is 1. The van der Waals surface area contributed by atoms with Gasteiger partial charge in [-0.2, -0.15) is 0 Å². The van der Waals surface area contributed by atoms with Crippen molar-refractivity contribution in [2.24, 2.45) is 11.3 Å². The van der Waals surface area contributed by atoms with Gasteiger partial charge in [0.05, 0.1) is 11.9 Å². The predicted molar refractivity (Wildman–Crippen MR) is 72.3 cm³/mol. The predicted octanol–water partition coefficient (Wildman–Crippen LogP) is 2.87. The lowest BCUT2D eigenvalue weighted by molar-refractivity contribution is -0.111. The van der Waals surface area contributed by atoms with E-state index in [1.54, 1.807) is 0 Å². The molecule has 0 aliphatic carbocycles. The maximum absolute atomic E-state index is 10.7. The van der Waals surface area contributed by atoms with Crippen LogP contribution in [0.1, 0.15) is 52.7 Å². The van der Waals surface area contributed by atoms with E-state index in [1.165, 1.54) is 5.69 Å². The van der Waals surface area contributed by atoms with Crippen LogP contribution in [0.2, 0.25) is 0 Å². The van der Waals surface area contributed by atoms with Gasteiger partial charge in [0.15, 0.2) is 0 Å². The van der Waals surface area contributed by atoms with E-state index in [2.05, 4.69) is 38.0 Å². The molecule has 1 rings (SSSR count). The van der Waals surface area contributed by atoms with Crippen molar-refractivity contribution in [3.8, 4) is 0 Å². The van der Waals surface area contributed by atoms with Crippen molar-refractivity contribution in [1.29, 1.82) is 0 Å². The van der Waals surface area contributed by atoms with Gasteiger partial charge < -0.3 is 4.79 Å². The Morgan fingerprint density at radius 2 is 2.17 bits per heavy atom. The molecule has 0 saturated heterocycles. The first-order chi connectivity index (χ1) is 8.46. The Balaban J connectivity index is 2.48. The average Bonchev–Trinajstić information content (AvgIpc) is 2.70. The van der Waals surface area contributed by atoms with Gasteiger partial charge in [0.2, 0.25) is 0 Å². The van der Waals surface area contributed by atoms with E-state index < -0.39 is 0 Å². The lowest BCUT2D eigenvalue weighted by Gasteiger charge is -2.18. The maximum atomic E-state index is 10.7. The van der Waals surface area contributed by atoms with Crippen LogP contribution in [0.3, 0.4) is 0 Å². The van der Waals surface area contributed by atoms with Crippen LogP contribution in [-0.2, 0) is 17.8 Å². The molecule has 0 aliphatic rings. The minimum Gasteiger partial charge on any atom is -0.303 e. The van der Waals surface area contributed by atoms with E-state index in [0.29, 0.717) is 0 Å². The summed E-state index contributed by atoms with van der Waals surface area (Å²) in [6.07, 6.45) is 6.74. The number of hydrogen-bond acceptors (Lipinski definition) is 3. The molecule has 1 aromatic heterocycles. The molecule has 0 bridgehead atoms. The van der Waals surface area contributed by atoms with Gasteiger partial charge in [0.25, 0.3) is 0 Å². The van der Waals surface area contributed by atoms with Crippen LogP contribution >= 0.6 is 0 Å². The first-order valence-electron chi connectivity index (χ1n) is 6.79. The second-order valence-corrected chi connectivity index (χ2v) is 6.13. The molecule has 1 atom stereocenters. The molecule has 0 saturated carbocycles. The van der Waals surface area contributed by atoms with Crippen molar-refractivity contribution in [3.63, 3.8) is 0 Å². The molecule has 102 valence electrons. The van der Waals surface area contributed by atoms with E-state index in [0.717, 1.165) is 38.5 Å². The quantitative estimate of drug-likeness (QED) is 0.700. The number of aromatic nitrogens is 3. The van der Waals surface area contributed by atoms with Gasteiger partial charge in [-0.3, -0.25) is 0 Å². The molecule has 4 heteroatoms. The Bertz CT molecular complexity index is 365. The van der Waals surface area contributed by atoms with E-state index in [9.17, 15) is 4.79 Å². The largest absolute Gasteiger partial charge is 0.303 e. The Hall–Kier alpha value is -1.19. The Morgan fingerprint density at radius 1 is 1.44 bits per heavy atom. The summed E-state index contributed by atoms with van der Waals surface area (Å²) in [5, 5.41) is 8.11. The van der Waals surface area contributed by atoms with E-state index >= 15 is 0 Å². The van der Waals surface area contributed by atoms with E-state index in [4.69, 9.17) is 0 Å². The second kappa shape index (κ2) is 6.66. The van der Waals surface area contributed by atoms with Gasteiger partial charge in [-0.05, 0) is 31.1 Å². The van der Waals surface area contributed by atoms with Gasteiger partial charge in [0, 0.05) is 12.5 Å². The Labute approximate surface area is 110 Å². The van der Waals surface area contributed by atoms with Gasteiger partial charge in [-0.15, -0.1) is 5.10 Å². The molecule has 0 fully saturated rings. The summed E-state index contributed by atoms with van der Waals surface area (Å²) in [6, 6.07) is 0. The summed E-state index contributed by atoms with van der Waals surface area (Å²) in [5.74, 6) is 0.194. The molecular weight excluding hydrogens is 226 g/mol. The summed E-state index contributed by atoms with van der Waals surface area (Å²) in [4.78, 5) is 10.7. The van der Waals surface area contributed by atoms with Crippen molar-refractivity contribution in [2.45, 2.75) is 59.9 Å². The zero-order valence-electron chi connectivity index (χ0n) is 12.0. The van der Waals surface area contributed by atoms with Gasteiger partial charge in [-0.1, -0.05) is 32.9 Å². The highest BCUT2D eigenvalue weighted by Gasteiger charge is 2.15. The standard InChI is InChI=1S/C14H25N3O/c1-5-12(11-18)7-6-8-17-13(10-15-16-17)9-14(2,3)4/h10-12H,5-9H2,1-4H3. The number of carbonyl (C=O) groups is 1. The number of nitrogens with zero attached hydrogens (tertiary/aromatic N) is 3. The van der Waals surface area contributed by atoms with E-state index in [1.807, 2.05) is 10.9 Å². The topological polar surface area (TPSA) is 47.8 Å². The summed E-state index contributed by atoms with van der Waals surface area (Å²) < 4.78 is 1.97. The number of rotatable bonds is 7. The van der Waals surface area contributed by atoms with Crippen LogP contribution in [0.15, 0.2) is 6.20 Å². The first kappa shape index (κ1) is 14.9. The van der Waals surface area contributed by atoms with Crippen molar-refractivity contribution in [2.75, 3.05) is 0 Å². The van der Waals surface area contributed by atoms with Crippen molar-refractivity contribution < 1.29 is 4.79 Å². The number of aryl methyl sites for hydroxylation is 1. The highest BCUT2D eigenvalue weighted by atomic mass is 16.1. The monoisotopic (exact) mass is 251 g/mol. The fraction of sp³-hybridized carbons (Fsp3) is 0.786. The van der Waals surface area contributed by atoms with Crippen LogP contribution in [0.4, 0.5) is 0 Å². The minimum atomic E-state index is 0.194. The lowest BCUT2D eigenvalue weighted by atomic mass is 9.91. The zero-order valence-corrected chi connectivity index (χ0v) is 12.0. The van der Waals surface area contributed by atoms with Gasteiger partial charge in [0.1, 0.15) is 6.29 Å². The molecule has 18 heavy (non-hydrogen) atoms. The summed E-state index contributed by atoms with van der Waals surface area (Å²) in [7, 11) is 0. The molecule has 0 spiro atoms. The smallest absolute Gasteiger partial charge is 0.123 e. The molecule has 0 amide bonds. The van der Waals surface area contributed by atoms with Crippen molar-refractivity contribution in [1.82, 2.24) is 15.0 Å². The Kier molecular flexibility index (Phi) is 5.51. The highest BCUT2D eigenvalue weighted by Crippen LogP contribution is 2.20. The average molecular weight is 251 g/mol. The molecule has 0 N–H and O–H groups in total. The van der Waals surface area contributed by atoms with Crippen LogP contribution in [0, 0.1) is 11.3 Å². The molecule has 0 aliphatic heterocycles. The number of hydrogen-bond donors (Lipinski definition) is 0. The summed E-state index contributed by atoms with van der Waals surface area (Å²) >= 11 is 0. The third kappa shape index (κ3) is 4.98. The van der Waals surface area contributed by atoms with Crippen LogP contribution in [0.5, 0.6) is 0 Å². The molecule has 1 aromatic rings. The van der Waals surface area contributed by atoms with Crippen LogP contribution in [-0.4, -0.2) is 21.3 Å². The molecule has 1 unspecified atom stereocenters. The fourth-order valence-corrected chi connectivity index (χ4v) is 2.02. The van der Waals surface area contributed by atoms with Gasteiger partial charge in [-0.25, -0.2) is 4.68 Å².